The Hall–Kier alpha value is -3.66. The quantitative estimate of drug-likeness (QED) is 0.508. The summed E-state index contributed by atoms with van der Waals surface area (Å²) in [4.78, 5) is 27.4. The van der Waals surface area contributed by atoms with Crippen molar-refractivity contribution < 1.29 is 9.21 Å². The molecular weight excluding hydrogens is 350 g/mol. The van der Waals surface area contributed by atoms with E-state index in [2.05, 4.69) is 0 Å². The summed E-state index contributed by atoms with van der Waals surface area (Å²) in [6.07, 6.45) is 0. The molecule has 0 saturated heterocycles. The molecule has 1 aromatic heterocycles. The van der Waals surface area contributed by atoms with Crippen molar-refractivity contribution in [3.63, 3.8) is 0 Å². The van der Waals surface area contributed by atoms with Crippen LogP contribution in [-0.2, 0) is 0 Å². The zero-order valence-electron chi connectivity index (χ0n) is 15.7. The number of rotatable bonds is 3. The molecule has 0 spiro atoms. The molecule has 0 unspecified atom stereocenters. The maximum absolute atomic E-state index is 13.3. The average molecular weight is 369 g/mol. The Labute approximate surface area is 162 Å². The normalized spacial score (nSPS) is 10.8. The number of benzene rings is 3. The van der Waals surface area contributed by atoms with Crippen LogP contribution in [0.5, 0.6) is 0 Å². The lowest BCUT2D eigenvalue weighted by molar-refractivity contribution is 0.0964. The third-order valence-corrected chi connectivity index (χ3v) is 4.79. The van der Waals surface area contributed by atoms with E-state index >= 15 is 0 Å². The molecule has 4 nitrogen and oxygen atoms in total. The molecule has 0 saturated carbocycles. The lowest BCUT2D eigenvalue weighted by atomic mass is 9.98. The van der Waals surface area contributed by atoms with E-state index in [1.54, 1.807) is 19.2 Å². The number of fused-ring (bicyclic) bond motifs is 1. The molecule has 0 aliphatic heterocycles. The third-order valence-electron chi connectivity index (χ3n) is 4.79. The number of carbonyl (C=O) groups is 1. The summed E-state index contributed by atoms with van der Waals surface area (Å²) in [5.74, 6) is -0.328. The minimum atomic E-state index is -0.517. The highest BCUT2D eigenvalue weighted by Gasteiger charge is 2.24. The monoisotopic (exact) mass is 369 g/mol. The standard InChI is InChI=1S/C24H19NO3/c1-16-9-8-12-18(15-16)25(2)23(26)22-21(17-10-4-3-5-11-17)19-13-6-7-14-20(19)24(27)28-22/h3-15H,1-2H3. The molecule has 0 N–H and O–H groups in total. The van der Waals surface area contributed by atoms with Gasteiger partial charge in [-0.25, -0.2) is 4.79 Å². The van der Waals surface area contributed by atoms with Crippen molar-refractivity contribution in [3.8, 4) is 11.1 Å². The Bertz CT molecular complexity index is 1230. The van der Waals surface area contributed by atoms with E-state index in [1.165, 1.54) is 4.90 Å². The fourth-order valence-electron chi connectivity index (χ4n) is 3.35. The summed E-state index contributed by atoms with van der Waals surface area (Å²) < 4.78 is 5.56. The predicted octanol–water partition coefficient (Wildman–Crippen LogP) is 5.05. The van der Waals surface area contributed by atoms with Gasteiger partial charge in [-0.1, -0.05) is 60.7 Å². The molecule has 0 aliphatic carbocycles. The van der Waals surface area contributed by atoms with Crippen LogP contribution in [-0.4, -0.2) is 13.0 Å². The van der Waals surface area contributed by atoms with Crippen LogP contribution in [0.25, 0.3) is 21.9 Å². The highest BCUT2D eigenvalue weighted by molar-refractivity contribution is 6.12. The Morgan fingerprint density at radius 3 is 2.25 bits per heavy atom. The van der Waals surface area contributed by atoms with Crippen molar-refractivity contribution in [2.75, 3.05) is 11.9 Å². The highest BCUT2D eigenvalue weighted by atomic mass is 16.4. The maximum Gasteiger partial charge on any atom is 0.344 e. The molecule has 0 radical (unpaired) electrons. The van der Waals surface area contributed by atoms with Gasteiger partial charge in [-0.15, -0.1) is 0 Å². The van der Waals surface area contributed by atoms with Crippen LogP contribution < -0.4 is 10.5 Å². The summed E-state index contributed by atoms with van der Waals surface area (Å²) >= 11 is 0. The van der Waals surface area contributed by atoms with Crippen molar-refractivity contribution >= 4 is 22.4 Å². The molecule has 0 atom stereocenters. The summed E-state index contributed by atoms with van der Waals surface area (Å²) in [5.41, 5.74) is 2.71. The predicted molar refractivity (Wildman–Crippen MR) is 112 cm³/mol. The smallest absolute Gasteiger partial charge is 0.344 e. The first-order chi connectivity index (χ1) is 13.6. The molecule has 0 aliphatic rings. The largest absolute Gasteiger partial charge is 0.416 e. The lowest BCUT2D eigenvalue weighted by Gasteiger charge is -2.19. The molecule has 1 amide bonds. The number of amides is 1. The van der Waals surface area contributed by atoms with E-state index in [-0.39, 0.29) is 11.7 Å². The summed E-state index contributed by atoms with van der Waals surface area (Å²) in [7, 11) is 1.68. The molecule has 0 bridgehead atoms. The van der Waals surface area contributed by atoms with Crippen LogP contribution in [0, 0.1) is 6.92 Å². The molecule has 4 heteroatoms. The van der Waals surface area contributed by atoms with Gasteiger partial charge in [0.1, 0.15) is 0 Å². The Morgan fingerprint density at radius 1 is 0.857 bits per heavy atom. The Kier molecular flexibility index (Phi) is 4.53. The second-order valence-electron chi connectivity index (χ2n) is 6.71. The fraction of sp³-hybridized carbons (Fsp3) is 0.0833. The van der Waals surface area contributed by atoms with E-state index in [0.717, 1.165) is 16.8 Å². The van der Waals surface area contributed by atoms with E-state index in [4.69, 9.17) is 4.42 Å². The number of hydrogen-bond acceptors (Lipinski definition) is 3. The molecular formula is C24H19NO3. The number of nitrogens with zero attached hydrogens (tertiary/aromatic N) is 1. The van der Waals surface area contributed by atoms with Crippen molar-refractivity contribution in [1.82, 2.24) is 0 Å². The van der Waals surface area contributed by atoms with Gasteiger partial charge in [0, 0.05) is 23.7 Å². The van der Waals surface area contributed by atoms with Gasteiger partial charge in [0.15, 0.2) is 0 Å². The highest BCUT2D eigenvalue weighted by Crippen LogP contribution is 2.32. The van der Waals surface area contributed by atoms with Crippen LogP contribution in [0.4, 0.5) is 5.69 Å². The van der Waals surface area contributed by atoms with Gasteiger partial charge < -0.3 is 9.32 Å². The van der Waals surface area contributed by atoms with Crippen LogP contribution in [0.1, 0.15) is 16.1 Å². The van der Waals surface area contributed by atoms with Gasteiger partial charge in [0.2, 0.25) is 5.76 Å². The average Bonchev–Trinajstić information content (AvgIpc) is 2.73. The van der Waals surface area contributed by atoms with Crippen LogP contribution >= 0.6 is 0 Å². The first kappa shape index (κ1) is 17.7. The number of anilines is 1. The van der Waals surface area contributed by atoms with Gasteiger partial charge >= 0.3 is 5.63 Å². The molecule has 3 aromatic carbocycles. The van der Waals surface area contributed by atoms with Crippen molar-refractivity contribution in [3.05, 3.63) is 101 Å². The first-order valence-electron chi connectivity index (χ1n) is 9.02. The fourth-order valence-corrected chi connectivity index (χ4v) is 3.35. The van der Waals surface area contributed by atoms with E-state index in [0.29, 0.717) is 16.3 Å². The van der Waals surface area contributed by atoms with Crippen molar-refractivity contribution in [2.24, 2.45) is 0 Å². The van der Waals surface area contributed by atoms with Crippen molar-refractivity contribution in [1.29, 1.82) is 0 Å². The molecule has 138 valence electrons. The van der Waals surface area contributed by atoms with E-state index in [1.807, 2.05) is 73.7 Å². The van der Waals surface area contributed by atoms with E-state index < -0.39 is 5.63 Å². The zero-order valence-corrected chi connectivity index (χ0v) is 15.7. The number of hydrogen-bond donors (Lipinski definition) is 0. The minimum Gasteiger partial charge on any atom is -0.416 e. The van der Waals surface area contributed by atoms with Crippen LogP contribution in [0.15, 0.2) is 88.1 Å². The second-order valence-corrected chi connectivity index (χ2v) is 6.71. The summed E-state index contributed by atoms with van der Waals surface area (Å²) in [6.45, 7) is 1.97. The molecule has 28 heavy (non-hydrogen) atoms. The Balaban J connectivity index is 1.96. The molecule has 1 heterocycles. The van der Waals surface area contributed by atoms with Crippen LogP contribution in [0.3, 0.4) is 0 Å². The second kappa shape index (κ2) is 7.16. The molecule has 0 fully saturated rings. The van der Waals surface area contributed by atoms with Gasteiger partial charge in [0.05, 0.1) is 5.39 Å². The third kappa shape index (κ3) is 3.09. The van der Waals surface area contributed by atoms with Gasteiger partial charge in [-0.2, -0.15) is 0 Å². The number of aryl methyl sites for hydroxylation is 1. The van der Waals surface area contributed by atoms with Gasteiger partial charge in [-0.3, -0.25) is 4.79 Å². The van der Waals surface area contributed by atoms with E-state index in [9.17, 15) is 9.59 Å². The minimum absolute atomic E-state index is 0.0407. The molecule has 4 aromatic rings. The molecule has 4 rings (SSSR count). The van der Waals surface area contributed by atoms with Crippen LogP contribution in [0.2, 0.25) is 0 Å². The maximum atomic E-state index is 13.3. The summed E-state index contributed by atoms with van der Waals surface area (Å²) in [5, 5.41) is 1.15. The first-order valence-corrected chi connectivity index (χ1v) is 9.02. The number of carbonyl (C=O) groups excluding carboxylic acids is 1. The SMILES string of the molecule is Cc1cccc(N(C)C(=O)c2oc(=O)c3ccccc3c2-c2ccccc2)c1. The Morgan fingerprint density at radius 2 is 1.54 bits per heavy atom. The zero-order chi connectivity index (χ0) is 19.7. The van der Waals surface area contributed by atoms with Gasteiger partial charge in [0.25, 0.3) is 5.91 Å². The summed E-state index contributed by atoms with van der Waals surface area (Å²) in [6, 6.07) is 24.3. The van der Waals surface area contributed by atoms with Gasteiger partial charge in [-0.05, 0) is 36.2 Å². The lowest BCUT2D eigenvalue weighted by Crippen LogP contribution is -2.28. The van der Waals surface area contributed by atoms with Crippen molar-refractivity contribution in [2.45, 2.75) is 6.92 Å². The topological polar surface area (TPSA) is 50.5 Å².